The van der Waals surface area contributed by atoms with Crippen LogP contribution in [0.1, 0.15) is 23.9 Å². The molecule has 2 aromatic carbocycles. The van der Waals surface area contributed by atoms with Crippen LogP contribution in [0, 0.1) is 6.92 Å². The molecule has 3 rings (SSSR count). The van der Waals surface area contributed by atoms with Crippen molar-refractivity contribution in [2.75, 3.05) is 7.11 Å². The van der Waals surface area contributed by atoms with E-state index in [2.05, 4.69) is 14.9 Å². The van der Waals surface area contributed by atoms with E-state index in [9.17, 15) is 8.42 Å². The molecule has 1 aromatic heterocycles. The van der Waals surface area contributed by atoms with E-state index in [1.807, 2.05) is 38.1 Å². The first kappa shape index (κ1) is 19.1. The number of nitrogens with one attached hydrogen (secondary N) is 1. The number of methoxy groups -OCH3 is 1. The van der Waals surface area contributed by atoms with Gasteiger partial charge in [-0.2, -0.15) is 4.98 Å². The summed E-state index contributed by atoms with van der Waals surface area (Å²) >= 11 is 0. The minimum absolute atomic E-state index is 0.0886. The van der Waals surface area contributed by atoms with Crippen molar-refractivity contribution in [3.8, 4) is 17.1 Å². The molecule has 0 aliphatic rings. The van der Waals surface area contributed by atoms with E-state index >= 15 is 0 Å². The molecule has 142 valence electrons. The van der Waals surface area contributed by atoms with Crippen molar-refractivity contribution in [3.63, 3.8) is 0 Å². The summed E-state index contributed by atoms with van der Waals surface area (Å²) in [5.41, 5.74) is 2.67. The highest BCUT2D eigenvalue weighted by molar-refractivity contribution is 7.89. The lowest BCUT2D eigenvalue weighted by Crippen LogP contribution is -2.23. The maximum absolute atomic E-state index is 12.6. The minimum atomic E-state index is -3.71. The number of benzene rings is 2. The first-order chi connectivity index (χ1) is 12.9. The van der Waals surface area contributed by atoms with Gasteiger partial charge in [0.05, 0.1) is 18.6 Å². The highest BCUT2D eigenvalue weighted by atomic mass is 32.2. The van der Waals surface area contributed by atoms with Crippen molar-refractivity contribution in [2.45, 2.75) is 31.7 Å². The molecule has 0 aliphatic carbocycles. The first-order valence-corrected chi connectivity index (χ1v) is 9.98. The van der Waals surface area contributed by atoms with E-state index < -0.39 is 10.0 Å². The van der Waals surface area contributed by atoms with Gasteiger partial charge in [0.15, 0.2) is 0 Å². The van der Waals surface area contributed by atoms with Crippen LogP contribution in [-0.4, -0.2) is 25.7 Å². The van der Waals surface area contributed by atoms with Gasteiger partial charge >= 0.3 is 0 Å². The van der Waals surface area contributed by atoms with Gasteiger partial charge in [0, 0.05) is 5.56 Å². The molecular weight excluding hydrogens is 366 g/mol. The third kappa shape index (κ3) is 4.17. The lowest BCUT2D eigenvalue weighted by molar-refractivity contribution is 0.376. The molecule has 27 heavy (non-hydrogen) atoms. The Labute approximate surface area is 158 Å². The number of nitrogens with zero attached hydrogens (tertiary/aromatic N) is 2. The zero-order valence-corrected chi connectivity index (χ0v) is 16.2. The van der Waals surface area contributed by atoms with Crippen LogP contribution in [0.3, 0.4) is 0 Å². The zero-order chi connectivity index (χ0) is 19.4. The fourth-order valence-electron chi connectivity index (χ4n) is 2.70. The predicted molar refractivity (Wildman–Crippen MR) is 101 cm³/mol. The molecule has 8 heteroatoms. The highest BCUT2D eigenvalue weighted by Gasteiger charge is 2.18. The molecule has 0 aliphatic heterocycles. The smallest absolute Gasteiger partial charge is 0.242 e. The summed E-state index contributed by atoms with van der Waals surface area (Å²) in [5.74, 6) is 1.29. The lowest BCUT2D eigenvalue weighted by atomic mass is 10.1. The van der Waals surface area contributed by atoms with Gasteiger partial charge in [0.1, 0.15) is 5.75 Å². The molecule has 0 fully saturated rings. The Hall–Kier alpha value is -2.71. The molecule has 1 heterocycles. The lowest BCUT2D eigenvalue weighted by Gasteiger charge is -2.10. The Bertz CT molecular complexity index is 1040. The topological polar surface area (TPSA) is 94.3 Å². The van der Waals surface area contributed by atoms with Gasteiger partial charge < -0.3 is 9.26 Å². The Morgan fingerprint density at radius 1 is 1.19 bits per heavy atom. The first-order valence-electron chi connectivity index (χ1n) is 8.49. The van der Waals surface area contributed by atoms with Crippen molar-refractivity contribution < 1.29 is 17.7 Å². The van der Waals surface area contributed by atoms with Crippen molar-refractivity contribution in [1.82, 2.24) is 14.9 Å². The quantitative estimate of drug-likeness (QED) is 0.669. The third-order valence-electron chi connectivity index (χ3n) is 4.21. The molecule has 1 N–H and O–H groups in total. The number of hydrogen-bond acceptors (Lipinski definition) is 6. The summed E-state index contributed by atoms with van der Waals surface area (Å²) in [7, 11) is -2.15. The van der Waals surface area contributed by atoms with E-state index in [0.717, 1.165) is 16.7 Å². The molecule has 3 aromatic rings. The number of ether oxygens (including phenoxy) is 1. The molecule has 0 amide bonds. The van der Waals surface area contributed by atoms with E-state index in [-0.39, 0.29) is 17.3 Å². The molecule has 0 saturated carbocycles. The van der Waals surface area contributed by atoms with Crippen LogP contribution in [0.4, 0.5) is 0 Å². The Kier molecular flexibility index (Phi) is 5.57. The molecule has 0 unspecified atom stereocenters. The second-order valence-electron chi connectivity index (χ2n) is 5.98. The van der Waals surface area contributed by atoms with E-state index in [4.69, 9.17) is 9.26 Å². The summed E-state index contributed by atoms with van der Waals surface area (Å²) in [6.07, 6.45) is 0.663. The maximum Gasteiger partial charge on any atom is 0.242 e. The maximum atomic E-state index is 12.6. The molecule has 7 nitrogen and oxygen atoms in total. The number of hydrogen-bond donors (Lipinski definition) is 1. The monoisotopic (exact) mass is 387 g/mol. The van der Waals surface area contributed by atoms with E-state index in [1.165, 1.54) is 6.07 Å². The number of aromatic nitrogens is 2. The van der Waals surface area contributed by atoms with E-state index in [0.29, 0.717) is 18.0 Å². The highest BCUT2D eigenvalue weighted by Crippen LogP contribution is 2.23. The van der Waals surface area contributed by atoms with Crippen LogP contribution < -0.4 is 9.46 Å². The van der Waals surface area contributed by atoms with Gasteiger partial charge in [-0.25, -0.2) is 13.1 Å². The van der Waals surface area contributed by atoms with Crippen molar-refractivity contribution in [3.05, 3.63) is 59.5 Å². The van der Waals surface area contributed by atoms with Gasteiger partial charge in [0.2, 0.25) is 21.7 Å². The molecular formula is C19H21N3O4S. The number of sulfonamides is 1. The van der Waals surface area contributed by atoms with E-state index in [1.54, 1.807) is 19.2 Å². The summed E-state index contributed by atoms with van der Waals surface area (Å²) < 4.78 is 38.0. The molecule has 0 spiro atoms. The minimum Gasteiger partial charge on any atom is -0.496 e. The summed E-state index contributed by atoms with van der Waals surface area (Å²) in [4.78, 5) is 4.44. The van der Waals surface area contributed by atoms with Crippen LogP contribution in [-0.2, 0) is 23.0 Å². The van der Waals surface area contributed by atoms with Gasteiger partial charge in [-0.1, -0.05) is 36.3 Å². The van der Waals surface area contributed by atoms with Crippen LogP contribution >= 0.6 is 0 Å². The fourth-order valence-corrected chi connectivity index (χ4v) is 3.72. The Morgan fingerprint density at radius 2 is 1.96 bits per heavy atom. The summed E-state index contributed by atoms with van der Waals surface area (Å²) in [6, 6.07) is 12.4. The van der Waals surface area contributed by atoms with Crippen LogP contribution in [0.25, 0.3) is 11.4 Å². The standard InChI is InChI=1S/C19H21N3O4S/c1-4-14-11-15(9-10-17(14)25-3)27(23,24)20-12-18-21-19(22-26-18)16-8-6-5-7-13(16)2/h5-11,20H,4,12H2,1-3H3. The van der Waals surface area contributed by atoms with Gasteiger partial charge in [0.25, 0.3) is 0 Å². The SMILES string of the molecule is CCc1cc(S(=O)(=O)NCc2nc(-c3ccccc3C)no2)ccc1OC. The largest absolute Gasteiger partial charge is 0.496 e. The fraction of sp³-hybridized carbons (Fsp3) is 0.263. The average Bonchev–Trinajstić information content (AvgIpc) is 3.15. The molecule has 0 saturated heterocycles. The molecule has 0 radical (unpaired) electrons. The van der Waals surface area contributed by atoms with Crippen molar-refractivity contribution in [1.29, 1.82) is 0 Å². The van der Waals surface area contributed by atoms with Gasteiger partial charge in [-0.15, -0.1) is 0 Å². The zero-order valence-electron chi connectivity index (χ0n) is 15.4. The van der Waals surface area contributed by atoms with Crippen molar-refractivity contribution >= 4 is 10.0 Å². The second kappa shape index (κ2) is 7.89. The number of rotatable bonds is 7. The molecule has 0 bridgehead atoms. The van der Waals surface area contributed by atoms with Crippen LogP contribution in [0.5, 0.6) is 5.75 Å². The second-order valence-corrected chi connectivity index (χ2v) is 7.75. The predicted octanol–water partition coefficient (Wildman–Crippen LogP) is 3.09. The normalized spacial score (nSPS) is 11.5. The summed E-state index contributed by atoms with van der Waals surface area (Å²) in [5, 5.41) is 3.93. The third-order valence-corrected chi connectivity index (χ3v) is 5.61. The van der Waals surface area contributed by atoms with Gasteiger partial charge in [-0.05, 0) is 42.7 Å². The summed E-state index contributed by atoms with van der Waals surface area (Å²) in [6.45, 7) is 3.80. The van der Waals surface area contributed by atoms with Crippen LogP contribution in [0.15, 0.2) is 51.9 Å². The Morgan fingerprint density at radius 3 is 2.67 bits per heavy atom. The van der Waals surface area contributed by atoms with Crippen molar-refractivity contribution in [2.24, 2.45) is 0 Å². The molecule has 0 atom stereocenters. The number of aryl methyl sites for hydroxylation is 2. The average molecular weight is 387 g/mol. The van der Waals surface area contributed by atoms with Gasteiger partial charge in [-0.3, -0.25) is 0 Å². The van der Waals surface area contributed by atoms with Crippen LogP contribution in [0.2, 0.25) is 0 Å². The Balaban J connectivity index is 1.76.